The van der Waals surface area contributed by atoms with E-state index in [4.69, 9.17) is 4.74 Å². The molecule has 1 atom stereocenters. The predicted octanol–water partition coefficient (Wildman–Crippen LogP) is 3.96. The van der Waals surface area contributed by atoms with Crippen molar-refractivity contribution in [3.63, 3.8) is 0 Å². The Morgan fingerprint density at radius 2 is 1.94 bits per heavy atom. The van der Waals surface area contributed by atoms with Crippen LogP contribution in [0.15, 0.2) is 42.5 Å². The summed E-state index contributed by atoms with van der Waals surface area (Å²) >= 11 is 2.11. The number of carbonyl (C=O) groups is 1. The number of rotatable bonds is 3. The maximum Gasteiger partial charge on any atom is 0.324 e. The second kappa shape index (κ2) is 5.49. The minimum atomic E-state index is -0.176. The molecule has 0 aliphatic rings. The molecule has 2 aromatic carbocycles. The summed E-state index contributed by atoms with van der Waals surface area (Å²) in [5.41, 5.74) is 0. The Bertz CT molecular complexity index is 531. The number of esters is 1. The Morgan fingerprint density at radius 3 is 2.71 bits per heavy atom. The summed E-state index contributed by atoms with van der Waals surface area (Å²) in [4.78, 5) is 11.8. The Morgan fingerprint density at radius 1 is 1.24 bits per heavy atom. The molecule has 0 radical (unpaired) electrons. The van der Waals surface area contributed by atoms with Crippen LogP contribution in [0.3, 0.4) is 0 Å². The molecular weight excluding hydrogens is 327 g/mol. The lowest BCUT2D eigenvalue weighted by atomic mass is 10.1. The van der Waals surface area contributed by atoms with Gasteiger partial charge in [0.2, 0.25) is 0 Å². The number of alkyl halides is 1. The van der Waals surface area contributed by atoms with Crippen molar-refractivity contribution in [2.45, 2.75) is 17.3 Å². The van der Waals surface area contributed by atoms with Gasteiger partial charge in [0.15, 0.2) is 0 Å². The van der Waals surface area contributed by atoms with Crippen LogP contribution in [0.25, 0.3) is 10.8 Å². The fourth-order valence-electron chi connectivity index (χ4n) is 1.62. The van der Waals surface area contributed by atoms with Gasteiger partial charge in [-0.2, -0.15) is 0 Å². The van der Waals surface area contributed by atoms with Crippen LogP contribution in [0.2, 0.25) is 0 Å². The van der Waals surface area contributed by atoms with Gasteiger partial charge < -0.3 is 4.74 Å². The van der Waals surface area contributed by atoms with E-state index in [1.807, 2.05) is 49.4 Å². The number of hydrogen-bond acceptors (Lipinski definition) is 2. The van der Waals surface area contributed by atoms with Crippen LogP contribution in [0, 0.1) is 0 Å². The molecule has 0 N–H and O–H groups in total. The van der Waals surface area contributed by atoms with Crippen LogP contribution in [-0.2, 0) is 4.79 Å². The average molecular weight is 340 g/mol. The minimum absolute atomic E-state index is 0.0911. The summed E-state index contributed by atoms with van der Waals surface area (Å²) in [6, 6.07) is 13.6. The molecule has 0 spiro atoms. The van der Waals surface area contributed by atoms with E-state index < -0.39 is 0 Å². The van der Waals surface area contributed by atoms with Crippen LogP contribution in [0.5, 0.6) is 5.75 Å². The minimum Gasteiger partial charge on any atom is -0.425 e. The highest BCUT2D eigenvalue weighted by Gasteiger charge is 2.15. The molecule has 0 bridgehead atoms. The largest absolute Gasteiger partial charge is 0.425 e. The van der Waals surface area contributed by atoms with Gasteiger partial charge in [-0.1, -0.05) is 65.9 Å². The summed E-state index contributed by atoms with van der Waals surface area (Å²) in [6.45, 7) is 1.97. The molecule has 0 saturated heterocycles. The lowest BCUT2D eigenvalue weighted by Gasteiger charge is -2.10. The van der Waals surface area contributed by atoms with Crippen LogP contribution in [0.1, 0.15) is 13.3 Å². The molecule has 3 heteroatoms. The van der Waals surface area contributed by atoms with Gasteiger partial charge in [-0.05, 0) is 17.9 Å². The first-order valence-electron chi connectivity index (χ1n) is 5.56. The third-order valence-corrected chi connectivity index (χ3v) is 3.96. The SMILES string of the molecule is CCC(I)C(=O)Oc1cccc2ccccc12. The predicted molar refractivity (Wildman–Crippen MR) is 77.7 cm³/mol. The van der Waals surface area contributed by atoms with Gasteiger partial charge in [-0.3, -0.25) is 4.79 Å². The molecule has 2 aromatic rings. The highest BCUT2D eigenvalue weighted by molar-refractivity contribution is 14.1. The second-order valence-corrected chi connectivity index (χ2v) is 5.28. The molecule has 0 saturated carbocycles. The standard InChI is InChI=1S/C14H13IO2/c1-2-12(15)14(16)17-13-9-5-7-10-6-3-4-8-11(10)13/h3-9,12H,2H2,1H3. The second-order valence-electron chi connectivity index (χ2n) is 3.77. The summed E-state index contributed by atoms with van der Waals surface area (Å²) < 4.78 is 5.34. The number of hydrogen-bond donors (Lipinski definition) is 0. The molecule has 88 valence electrons. The topological polar surface area (TPSA) is 26.3 Å². The molecule has 1 unspecified atom stereocenters. The average Bonchev–Trinajstić information content (AvgIpc) is 2.38. The molecule has 2 nitrogen and oxygen atoms in total. The summed E-state index contributed by atoms with van der Waals surface area (Å²) in [6.07, 6.45) is 0.782. The van der Waals surface area contributed by atoms with E-state index in [0.717, 1.165) is 17.2 Å². The van der Waals surface area contributed by atoms with Crippen molar-refractivity contribution in [3.05, 3.63) is 42.5 Å². The molecule has 0 aliphatic carbocycles. The zero-order valence-corrected chi connectivity index (χ0v) is 11.7. The van der Waals surface area contributed by atoms with Crippen LogP contribution < -0.4 is 4.74 Å². The first-order valence-corrected chi connectivity index (χ1v) is 6.80. The van der Waals surface area contributed by atoms with Gasteiger partial charge in [0.25, 0.3) is 0 Å². The number of fused-ring (bicyclic) bond motifs is 1. The van der Waals surface area contributed by atoms with Gasteiger partial charge in [0.1, 0.15) is 9.67 Å². The summed E-state index contributed by atoms with van der Waals surface area (Å²) in [7, 11) is 0. The van der Waals surface area contributed by atoms with Crippen molar-refractivity contribution in [1.29, 1.82) is 0 Å². The number of halogens is 1. The van der Waals surface area contributed by atoms with Gasteiger partial charge >= 0.3 is 5.97 Å². The lowest BCUT2D eigenvalue weighted by Crippen LogP contribution is -2.19. The zero-order valence-electron chi connectivity index (χ0n) is 9.52. The first kappa shape index (κ1) is 12.4. The van der Waals surface area contributed by atoms with E-state index in [9.17, 15) is 4.79 Å². The van der Waals surface area contributed by atoms with Gasteiger partial charge in [0.05, 0.1) is 0 Å². The van der Waals surface area contributed by atoms with Crippen LogP contribution >= 0.6 is 22.6 Å². The maximum atomic E-state index is 11.8. The molecule has 2 rings (SSSR count). The Balaban J connectivity index is 2.33. The van der Waals surface area contributed by atoms with Crippen LogP contribution in [0.4, 0.5) is 0 Å². The van der Waals surface area contributed by atoms with E-state index in [-0.39, 0.29) is 9.89 Å². The number of carbonyl (C=O) groups excluding carboxylic acids is 1. The highest BCUT2D eigenvalue weighted by atomic mass is 127. The normalized spacial score (nSPS) is 12.4. The first-order chi connectivity index (χ1) is 8.22. The summed E-state index contributed by atoms with van der Waals surface area (Å²) in [5, 5.41) is 2.06. The fraction of sp³-hybridized carbons (Fsp3) is 0.214. The van der Waals surface area contributed by atoms with Crippen molar-refractivity contribution in [2.24, 2.45) is 0 Å². The molecule has 0 aliphatic heterocycles. The number of ether oxygens (including phenoxy) is 1. The molecule has 0 fully saturated rings. The smallest absolute Gasteiger partial charge is 0.324 e. The Hall–Kier alpha value is -1.10. The highest BCUT2D eigenvalue weighted by Crippen LogP contribution is 2.26. The van der Waals surface area contributed by atoms with Gasteiger partial charge in [-0.25, -0.2) is 0 Å². The molecule has 0 heterocycles. The quantitative estimate of drug-likeness (QED) is 0.366. The molecule has 0 amide bonds. The van der Waals surface area contributed by atoms with Crippen molar-refractivity contribution in [3.8, 4) is 5.75 Å². The molecule has 0 aromatic heterocycles. The van der Waals surface area contributed by atoms with E-state index in [0.29, 0.717) is 5.75 Å². The van der Waals surface area contributed by atoms with E-state index in [1.54, 1.807) is 0 Å². The third-order valence-electron chi connectivity index (χ3n) is 2.57. The van der Waals surface area contributed by atoms with Crippen molar-refractivity contribution < 1.29 is 9.53 Å². The molecule has 17 heavy (non-hydrogen) atoms. The number of benzene rings is 2. The van der Waals surface area contributed by atoms with Gasteiger partial charge in [0, 0.05) is 5.39 Å². The van der Waals surface area contributed by atoms with Crippen molar-refractivity contribution >= 4 is 39.3 Å². The zero-order chi connectivity index (χ0) is 12.3. The van der Waals surface area contributed by atoms with E-state index in [1.165, 1.54) is 0 Å². The third kappa shape index (κ3) is 2.77. The summed E-state index contributed by atoms with van der Waals surface area (Å²) in [5.74, 6) is 0.465. The maximum absolute atomic E-state index is 11.8. The van der Waals surface area contributed by atoms with E-state index in [2.05, 4.69) is 22.6 Å². The lowest BCUT2D eigenvalue weighted by molar-refractivity contribution is -0.133. The Labute approximate surface area is 114 Å². The van der Waals surface area contributed by atoms with Crippen molar-refractivity contribution in [2.75, 3.05) is 0 Å². The fourth-order valence-corrected chi connectivity index (χ4v) is 1.75. The van der Waals surface area contributed by atoms with Crippen LogP contribution in [-0.4, -0.2) is 9.89 Å². The molecular formula is C14H13IO2. The van der Waals surface area contributed by atoms with E-state index >= 15 is 0 Å². The Kier molecular flexibility index (Phi) is 3.99. The monoisotopic (exact) mass is 340 g/mol. The van der Waals surface area contributed by atoms with Gasteiger partial charge in [-0.15, -0.1) is 0 Å². The van der Waals surface area contributed by atoms with Crippen molar-refractivity contribution in [1.82, 2.24) is 0 Å².